The Morgan fingerprint density at radius 1 is 1.23 bits per heavy atom. The molecule has 1 aliphatic heterocycles. The van der Waals surface area contributed by atoms with E-state index in [9.17, 15) is 8.42 Å². The van der Waals surface area contributed by atoms with Crippen LogP contribution in [-0.4, -0.2) is 56.0 Å². The molecule has 0 spiro atoms. The summed E-state index contributed by atoms with van der Waals surface area (Å²) in [5.74, 6) is 0.827. The Labute approximate surface area is 183 Å². The van der Waals surface area contributed by atoms with Crippen LogP contribution in [0, 0.1) is 0 Å². The number of benzene rings is 1. The summed E-state index contributed by atoms with van der Waals surface area (Å²) in [5, 5.41) is 0.162. The Balaban J connectivity index is 1.74. The van der Waals surface area contributed by atoms with Gasteiger partial charge in [0.25, 0.3) is 10.0 Å². The smallest absolute Gasteiger partial charge is 0.263 e. The zero-order valence-corrected chi connectivity index (χ0v) is 19.2. The molecule has 3 N–H and O–H groups in total. The lowest BCUT2D eigenvalue weighted by atomic mass is 10.0. The summed E-state index contributed by atoms with van der Waals surface area (Å²) >= 11 is 6.23. The summed E-state index contributed by atoms with van der Waals surface area (Å²) in [5.41, 5.74) is 7.14. The molecule has 2 heterocycles. The van der Waals surface area contributed by atoms with Gasteiger partial charge in [-0.25, -0.2) is 13.4 Å². The molecule has 0 aliphatic carbocycles. The number of aromatic nitrogens is 2. The minimum atomic E-state index is -3.92. The second-order valence-corrected chi connectivity index (χ2v) is 9.81. The number of nitrogens with one attached hydrogen (secondary N) is 1. The molecule has 0 atom stereocenters. The van der Waals surface area contributed by atoms with Crippen LogP contribution in [0.2, 0.25) is 5.02 Å². The van der Waals surface area contributed by atoms with E-state index in [0.717, 1.165) is 44.7 Å². The van der Waals surface area contributed by atoms with Crippen LogP contribution in [0.15, 0.2) is 29.3 Å². The number of nitrogens with two attached hydrogens (primary N) is 1. The first kappa shape index (κ1) is 22.6. The van der Waals surface area contributed by atoms with E-state index in [1.54, 1.807) is 12.1 Å². The summed E-state index contributed by atoms with van der Waals surface area (Å²) in [6, 6.07) is 4.93. The highest BCUT2D eigenvalue weighted by molar-refractivity contribution is 7.92. The molecule has 2 aromatic rings. The van der Waals surface area contributed by atoms with Crippen LogP contribution in [0.1, 0.15) is 38.7 Å². The van der Waals surface area contributed by atoms with Gasteiger partial charge >= 0.3 is 0 Å². The quantitative estimate of drug-likeness (QED) is 0.664. The Morgan fingerprint density at radius 2 is 1.93 bits per heavy atom. The van der Waals surface area contributed by atoms with E-state index >= 15 is 0 Å². The van der Waals surface area contributed by atoms with Crippen molar-refractivity contribution in [1.82, 2.24) is 14.9 Å². The van der Waals surface area contributed by atoms with Crippen molar-refractivity contribution in [3.05, 3.63) is 35.0 Å². The maximum absolute atomic E-state index is 12.8. The van der Waals surface area contributed by atoms with Gasteiger partial charge in [0.2, 0.25) is 5.95 Å². The third kappa shape index (κ3) is 5.14. The van der Waals surface area contributed by atoms with Crippen LogP contribution < -0.4 is 15.4 Å². The maximum atomic E-state index is 12.8. The molecule has 1 aromatic carbocycles. The first-order chi connectivity index (χ1) is 14.2. The summed E-state index contributed by atoms with van der Waals surface area (Å²) in [6.07, 6.45) is 2.53. The fourth-order valence-corrected chi connectivity index (χ4v) is 5.01. The molecule has 10 heteroatoms. The Hall–Kier alpha value is -2.10. The molecule has 0 amide bonds. The second kappa shape index (κ2) is 9.36. The fraction of sp³-hybridized carbons (Fsp3) is 0.500. The summed E-state index contributed by atoms with van der Waals surface area (Å²) in [6.45, 7) is 10.8. The van der Waals surface area contributed by atoms with Crippen LogP contribution in [0.4, 0.5) is 17.5 Å². The van der Waals surface area contributed by atoms with Crippen LogP contribution in [0.5, 0.6) is 0 Å². The highest BCUT2D eigenvalue weighted by Crippen LogP contribution is 2.29. The second-order valence-electron chi connectivity index (χ2n) is 7.75. The molecule has 0 saturated carbocycles. The molecule has 30 heavy (non-hydrogen) atoms. The maximum Gasteiger partial charge on any atom is 0.263 e. The van der Waals surface area contributed by atoms with Crippen molar-refractivity contribution >= 4 is 39.1 Å². The van der Waals surface area contributed by atoms with Gasteiger partial charge in [0.1, 0.15) is 10.6 Å². The van der Waals surface area contributed by atoms with Crippen molar-refractivity contribution in [3.63, 3.8) is 0 Å². The minimum Gasteiger partial charge on any atom is -0.382 e. The monoisotopic (exact) mass is 452 g/mol. The van der Waals surface area contributed by atoms with Crippen molar-refractivity contribution in [2.45, 2.75) is 38.0 Å². The highest BCUT2D eigenvalue weighted by atomic mass is 35.5. The van der Waals surface area contributed by atoms with E-state index in [1.807, 2.05) is 13.8 Å². The van der Waals surface area contributed by atoms with E-state index in [4.69, 9.17) is 17.3 Å². The lowest BCUT2D eigenvalue weighted by Crippen LogP contribution is -2.47. The largest absolute Gasteiger partial charge is 0.382 e. The summed E-state index contributed by atoms with van der Waals surface area (Å²) < 4.78 is 28.1. The van der Waals surface area contributed by atoms with E-state index in [1.165, 1.54) is 12.3 Å². The van der Waals surface area contributed by atoms with Crippen LogP contribution in [-0.2, 0) is 10.0 Å². The molecule has 1 saturated heterocycles. The Bertz CT molecular complexity index is 991. The van der Waals surface area contributed by atoms with Gasteiger partial charge < -0.3 is 10.6 Å². The molecule has 0 bridgehead atoms. The van der Waals surface area contributed by atoms with Crippen LogP contribution >= 0.6 is 11.6 Å². The van der Waals surface area contributed by atoms with E-state index in [0.29, 0.717) is 5.95 Å². The molecular formula is C20H29ClN6O2S. The number of rotatable bonds is 7. The number of anilines is 3. The lowest BCUT2D eigenvalue weighted by molar-refractivity contribution is 0.257. The van der Waals surface area contributed by atoms with Crippen molar-refractivity contribution in [2.75, 3.05) is 48.1 Å². The number of sulfonamides is 1. The number of hydrogen-bond acceptors (Lipinski definition) is 7. The molecular weight excluding hydrogens is 424 g/mol. The Kier molecular flexibility index (Phi) is 7.05. The lowest BCUT2D eigenvalue weighted by Gasteiger charge is -2.34. The number of piperazine rings is 1. The number of nitrogen functional groups attached to an aromatic ring is 1. The van der Waals surface area contributed by atoms with E-state index in [-0.39, 0.29) is 27.3 Å². The number of nitrogens with zero attached hydrogens (tertiary/aromatic N) is 4. The van der Waals surface area contributed by atoms with E-state index in [2.05, 4.69) is 31.4 Å². The summed E-state index contributed by atoms with van der Waals surface area (Å²) in [4.78, 5) is 13.1. The van der Waals surface area contributed by atoms with Crippen LogP contribution in [0.25, 0.3) is 0 Å². The molecule has 0 radical (unpaired) electrons. The van der Waals surface area contributed by atoms with Crippen molar-refractivity contribution in [3.8, 4) is 0 Å². The fourth-order valence-electron chi connectivity index (χ4n) is 3.40. The van der Waals surface area contributed by atoms with Gasteiger partial charge in [-0.15, -0.1) is 0 Å². The summed E-state index contributed by atoms with van der Waals surface area (Å²) in [7, 11) is -3.92. The molecule has 1 fully saturated rings. The standard InChI is InChI=1S/C20H29ClN6O2S/c1-4-7-26-8-10-27(11-9-26)20-23-13-17(19(22)24-20)25-30(28,29)18-6-5-15(14(2)3)12-16(18)21/h5-6,12-14,25H,4,7-11H2,1-3H3,(H2,22,23,24). The first-order valence-corrected chi connectivity index (χ1v) is 12.0. The van der Waals surface area contributed by atoms with Gasteiger partial charge in [-0.05, 0) is 36.6 Å². The third-order valence-corrected chi connectivity index (χ3v) is 7.01. The SMILES string of the molecule is CCCN1CCN(c2ncc(NS(=O)(=O)c3ccc(C(C)C)cc3Cl)c(N)n2)CC1. The van der Waals surface area contributed by atoms with Gasteiger partial charge in [0.15, 0.2) is 5.82 Å². The zero-order chi connectivity index (χ0) is 21.9. The first-order valence-electron chi connectivity index (χ1n) is 10.1. The molecule has 8 nitrogen and oxygen atoms in total. The zero-order valence-electron chi connectivity index (χ0n) is 17.6. The van der Waals surface area contributed by atoms with Gasteiger partial charge in [0.05, 0.1) is 11.2 Å². The minimum absolute atomic E-state index is 0.0101. The van der Waals surface area contributed by atoms with E-state index < -0.39 is 10.0 Å². The molecule has 164 valence electrons. The number of halogens is 1. The van der Waals surface area contributed by atoms with Crippen LogP contribution in [0.3, 0.4) is 0 Å². The van der Waals surface area contributed by atoms with Gasteiger partial charge in [-0.2, -0.15) is 4.98 Å². The Morgan fingerprint density at radius 3 is 2.50 bits per heavy atom. The van der Waals surface area contributed by atoms with Crippen molar-refractivity contribution in [1.29, 1.82) is 0 Å². The topological polar surface area (TPSA) is 104 Å². The predicted molar refractivity (Wildman–Crippen MR) is 122 cm³/mol. The van der Waals surface area contributed by atoms with Gasteiger partial charge in [-0.3, -0.25) is 9.62 Å². The molecule has 1 aliphatic rings. The average Bonchev–Trinajstić information content (AvgIpc) is 2.70. The van der Waals surface area contributed by atoms with Crippen molar-refractivity contribution in [2.24, 2.45) is 0 Å². The molecule has 0 unspecified atom stereocenters. The van der Waals surface area contributed by atoms with Gasteiger partial charge in [0, 0.05) is 26.2 Å². The molecule has 1 aromatic heterocycles. The normalized spacial score (nSPS) is 15.6. The third-order valence-electron chi connectivity index (χ3n) is 5.16. The van der Waals surface area contributed by atoms with Crippen molar-refractivity contribution < 1.29 is 8.42 Å². The molecule has 3 rings (SSSR count). The average molecular weight is 453 g/mol. The predicted octanol–water partition coefficient (Wildman–Crippen LogP) is 3.17. The highest BCUT2D eigenvalue weighted by Gasteiger charge is 2.22. The number of hydrogen-bond donors (Lipinski definition) is 2. The van der Waals surface area contributed by atoms with Gasteiger partial charge in [-0.1, -0.05) is 38.4 Å².